The molecule has 0 saturated carbocycles. The Bertz CT molecular complexity index is 840. The van der Waals surface area contributed by atoms with Crippen LogP contribution in [0.5, 0.6) is 0 Å². The fraction of sp³-hybridized carbons (Fsp3) is 0.318. The monoisotopic (exact) mass is 365 g/mol. The van der Waals surface area contributed by atoms with Gasteiger partial charge in [-0.3, -0.25) is 14.4 Å². The molecular formula is C22H23NO4. The van der Waals surface area contributed by atoms with Crippen LogP contribution in [0.4, 0.5) is 5.69 Å². The number of nitrogens with zero attached hydrogens (tertiary/aromatic N) is 1. The smallest absolute Gasteiger partial charge is 0.316 e. The van der Waals surface area contributed by atoms with Gasteiger partial charge in [-0.05, 0) is 50.1 Å². The minimum Gasteiger partial charge on any atom is -0.457 e. The van der Waals surface area contributed by atoms with Crippen LogP contribution in [0.25, 0.3) is 0 Å². The number of hydrogen-bond acceptors (Lipinski definition) is 4. The van der Waals surface area contributed by atoms with Crippen molar-refractivity contribution < 1.29 is 19.1 Å². The Morgan fingerprint density at radius 3 is 2.30 bits per heavy atom. The lowest BCUT2D eigenvalue weighted by Crippen LogP contribution is -2.32. The molecule has 0 N–H and O–H groups in total. The van der Waals surface area contributed by atoms with Crippen molar-refractivity contribution in [3.8, 4) is 0 Å². The molecule has 0 unspecified atom stereocenters. The van der Waals surface area contributed by atoms with E-state index in [2.05, 4.69) is 0 Å². The lowest BCUT2D eigenvalue weighted by atomic mass is 9.85. The van der Waals surface area contributed by atoms with Crippen LogP contribution in [0.15, 0.2) is 54.6 Å². The number of carbonyl (C=O) groups is 3. The summed E-state index contributed by atoms with van der Waals surface area (Å²) in [6.07, 6.45) is 1.42. The molecule has 0 bridgehead atoms. The molecule has 140 valence electrons. The highest BCUT2D eigenvalue weighted by molar-refractivity contribution is 6.00. The first-order valence-electron chi connectivity index (χ1n) is 9.06. The largest absolute Gasteiger partial charge is 0.457 e. The van der Waals surface area contributed by atoms with Crippen LogP contribution in [0.3, 0.4) is 0 Å². The third-order valence-corrected chi connectivity index (χ3v) is 4.91. The minimum atomic E-state index is -0.832. The molecule has 0 spiro atoms. The van der Waals surface area contributed by atoms with Crippen molar-refractivity contribution in [2.75, 3.05) is 18.1 Å². The number of esters is 1. The van der Waals surface area contributed by atoms with E-state index in [0.717, 1.165) is 17.7 Å². The maximum Gasteiger partial charge on any atom is 0.316 e. The zero-order valence-corrected chi connectivity index (χ0v) is 15.6. The van der Waals surface area contributed by atoms with Crippen molar-refractivity contribution in [1.82, 2.24) is 0 Å². The van der Waals surface area contributed by atoms with E-state index in [4.69, 9.17) is 4.74 Å². The molecule has 1 fully saturated rings. The predicted molar refractivity (Wildman–Crippen MR) is 103 cm³/mol. The Hall–Kier alpha value is -2.95. The van der Waals surface area contributed by atoms with Gasteiger partial charge in [-0.1, -0.05) is 30.3 Å². The highest BCUT2D eigenvalue weighted by Gasteiger charge is 2.31. The molecular weight excluding hydrogens is 342 g/mol. The molecule has 1 aliphatic rings. The number of ketones is 1. The number of benzene rings is 2. The van der Waals surface area contributed by atoms with E-state index >= 15 is 0 Å². The van der Waals surface area contributed by atoms with Crippen molar-refractivity contribution >= 4 is 23.3 Å². The Balaban J connectivity index is 1.60. The quantitative estimate of drug-likeness (QED) is 0.580. The molecule has 2 aromatic carbocycles. The van der Waals surface area contributed by atoms with Gasteiger partial charge in [0.2, 0.25) is 5.91 Å². The number of Topliss-reactive ketones (excluding diaryl/α,β-unsaturated/α-hetero) is 1. The molecule has 1 saturated heterocycles. The Morgan fingerprint density at radius 1 is 1.04 bits per heavy atom. The highest BCUT2D eigenvalue weighted by atomic mass is 16.5. The topological polar surface area (TPSA) is 63.7 Å². The van der Waals surface area contributed by atoms with Gasteiger partial charge >= 0.3 is 5.97 Å². The normalized spacial score (nSPS) is 14.3. The molecule has 5 heteroatoms. The molecule has 3 rings (SSSR count). The second-order valence-corrected chi connectivity index (χ2v) is 7.19. The molecule has 5 nitrogen and oxygen atoms in total. The van der Waals surface area contributed by atoms with E-state index in [1.54, 1.807) is 43.0 Å². The van der Waals surface area contributed by atoms with Crippen LogP contribution in [-0.2, 0) is 19.7 Å². The number of rotatable bonds is 6. The summed E-state index contributed by atoms with van der Waals surface area (Å²) in [6.45, 7) is 3.95. The number of anilines is 1. The summed E-state index contributed by atoms with van der Waals surface area (Å²) < 4.78 is 5.27. The minimum absolute atomic E-state index is 0.103. The fourth-order valence-corrected chi connectivity index (χ4v) is 3.12. The van der Waals surface area contributed by atoms with Gasteiger partial charge in [0.05, 0.1) is 5.41 Å². The van der Waals surface area contributed by atoms with Gasteiger partial charge in [0.25, 0.3) is 0 Å². The molecule has 1 amide bonds. The zero-order valence-electron chi connectivity index (χ0n) is 15.6. The van der Waals surface area contributed by atoms with Crippen molar-refractivity contribution in [2.24, 2.45) is 0 Å². The van der Waals surface area contributed by atoms with Crippen LogP contribution < -0.4 is 4.90 Å². The first kappa shape index (κ1) is 18.8. The van der Waals surface area contributed by atoms with Gasteiger partial charge in [0.1, 0.15) is 0 Å². The van der Waals surface area contributed by atoms with Crippen LogP contribution >= 0.6 is 0 Å². The van der Waals surface area contributed by atoms with Crippen LogP contribution in [-0.4, -0.2) is 30.8 Å². The standard InChI is InChI=1S/C22H23NO4/c1-22(2,17-7-4-3-5-8-17)21(26)27-15-19(24)16-10-12-18(13-11-16)23-14-6-9-20(23)25/h3-5,7-8,10-13H,6,9,14-15H2,1-2H3. The van der Waals surface area contributed by atoms with Crippen LogP contribution in [0.1, 0.15) is 42.6 Å². The first-order valence-corrected chi connectivity index (χ1v) is 9.06. The van der Waals surface area contributed by atoms with Crippen molar-refractivity contribution in [3.63, 3.8) is 0 Å². The molecule has 2 aromatic rings. The van der Waals surface area contributed by atoms with E-state index in [1.165, 1.54) is 0 Å². The van der Waals surface area contributed by atoms with Gasteiger partial charge in [0, 0.05) is 24.2 Å². The van der Waals surface area contributed by atoms with Crippen molar-refractivity contribution in [3.05, 3.63) is 65.7 Å². The second kappa shape index (κ2) is 7.74. The molecule has 27 heavy (non-hydrogen) atoms. The SMILES string of the molecule is CC(C)(C(=O)OCC(=O)c1ccc(N2CCCC2=O)cc1)c1ccccc1. The number of hydrogen-bond donors (Lipinski definition) is 0. The van der Waals surface area contributed by atoms with E-state index < -0.39 is 11.4 Å². The molecule has 0 atom stereocenters. The zero-order chi connectivity index (χ0) is 19.4. The summed E-state index contributed by atoms with van der Waals surface area (Å²) in [6, 6.07) is 16.2. The number of amides is 1. The van der Waals surface area contributed by atoms with Crippen molar-refractivity contribution in [1.29, 1.82) is 0 Å². The molecule has 0 aromatic heterocycles. The lowest BCUT2D eigenvalue weighted by molar-refractivity contribution is -0.148. The summed E-state index contributed by atoms with van der Waals surface area (Å²) in [4.78, 5) is 38.3. The van der Waals surface area contributed by atoms with E-state index in [0.29, 0.717) is 18.5 Å². The molecule has 0 aliphatic carbocycles. The average Bonchev–Trinajstić information content (AvgIpc) is 3.12. The van der Waals surface area contributed by atoms with E-state index in [9.17, 15) is 14.4 Å². The second-order valence-electron chi connectivity index (χ2n) is 7.19. The summed E-state index contributed by atoms with van der Waals surface area (Å²) in [5.74, 6) is -0.612. The summed E-state index contributed by atoms with van der Waals surface area (Å²) >= 11 is 0. The third-order valence-electron chi connectivity index (χ3n) is 4.91. The third kappa shape index (κ3) is 4.08. The molecule has 1 heterocycles. The Labute approximate surface area is 158 Å². The molecule has 0 radical (unpaired) electrons. The van der Waals surface area contributed by atoms with Gasteiger partial charge in [-0.2, -0.15) is 0 Å². The number of ether oxygens (including phenoxy) is 1. The fourth-order valence-electron chi connectivity index (χ4n) is 3.12. The van der Waals surface area contributed by atoms with Gasteiger partial charge < -0.3 is 9.64 Å². The van der Waals surface area contributed by atoms with Crippen LogP contribution in [0, 0.1) is 0 Å². The maximum atomic E-state index is 12.4. The summed E-state index contributed by atoms with van der Waals surface area (Å²) in [5.41, 5.74) is 1.25. The van der Waals surface area contributed by atoms with Crippen molar-refractivity contribution in [2.45, 2.75) is 32.1 Å². The predicted octanol–water partition coefficient (Wildman–Crippen LogP) is 3.52. The Morgan fingerprint density at radius 2 is 1.70 bits per heavy atom. The number of carbonyl (C=O) groups excluding carboxylic acids is 3. The highest BCUT2D eigenvalue weighted by Crippen LogP contribution is 2.25. The molecule has 1 aliphatic heterocycles. The Kier molecular flexibility index (Phi) is 5.40. The summed E-state index contributed by atoms with van der Waals surface area (Å²) in [5, 5.41) is 0. The van der Waals surface area contributed by atoms with Gasteiger partial charge in [-0.15, -0.1) is 0 Å². The average molecular weight is 365 g/mol. The maximum absolute atomic E-state index is 12.4. The lowest BCUT2D eigenvalue weighted by Gasteiger charge is -2.22. The van der Waals surface area contributed by atoms with Gasteiger partial charge in [0.15, 0.2) is 12.4 Å². The first-order chi connectivity index (χ1) is 12.9. The summed E-state index contributed by atoms with van der Waals surface area (Å²) in [7, 11) is 0. The van der Waals surface area contributed by atoms with Gasteiger partial charge in [-0.25, -0.2) is 0 Å². The van der Waals surface area contributed by atoms with E-state index in [1.807, 2.05) is 30.3 Å². The van der Waals surface area contributed by atoms with E-state index in [-0.39, 0.29) is 18.3 Å². The van der Waals surface area contributed by atoms with Crippen LogP contribution in [0.2, 0.25) is 0 Å².